The van der Waals surface area contributed by atoms with E-state index in [0.29, 0.717) is 5.69 Å². The fourth-order valence-corrected chi connectivity index (χ4v) is 3.73. The van der Waals surface area contributed by atoms with Crippen molar-refractivity contribution in [3.05, 3.63) is 30.1 Å². The lowest BCUT2D eigenvalue weighted by molar-refractivity contribution is -0.234. The molecule has 12 heteroatoms. The Hall–Kier alpha value is -3.04. The molecule has 8 nitrogen and oxygen atoms in total. The number of nitrogens with one attached hydrogen (secondary N) is 2. The smallest absolute Gasteiger partial charge is 0.364 e. The van der Waals surface area contributed by atoms with Gasteiger partial charge in [0.15, 0.2) is 12.2 Å². The van der Waals surface area contributed by atoms with E-state index >= 15 is 0 Å². The number of halogens is 4. The third-order valence-corrected chi connectivity index (χ3v) is 5.29. The van der Waals surface area contributed by atoms with Gasteiger partial charge in [0.25, 0.3) is 5.91 Å². The van der Waals surface area contributed by atoms with E-state index in [-0.39, 0.29) is 36.2 Å². The monoisotopic (exact) mass is 438 g/mol. The maximum Gasteiger partial charge on any atom is 0.416 e. The Morgan fingerprint density at radius 2 is 1.97 bits per heavy atom. The second kappa shape index (κ2) is 8.24. The molecular weight excluding hydrogens is 420 g/mol. The topological polar surface area (TPSA) is 103 Å². The number of hydrogen-bond donors (Lipinski definition) is 2. The summed E-state index contributed by atoms with van der Waals surface area (Å²) in [6, 6.07) is 4.05. The number of fused-ring (bicyclic) bond motifs is 1. The molecule has 2 saturated heterocycles. The molecule has 0 saturated carbocycles. The highest BCUT2D eigenvalue weighted by atomic mass is 19.4. The van der Waals surface area contributed by atoms with Crippen molar-refractivity contribution < 1.29 is 27.1 Å². The summed E-state index contributed by atoms with van der Waals surface area (Å²) in [6.45, 7) is -0.528. The van der Waals surface area contributed by atoms with Crippen LogP contribution in [0.2, 0.25) is 0 Å². The molecule has 0 spiro atoms. The van der Waals surface area contributed by atoms with Gasteiger partial charge in [-0.25, -0.2) is 4.39 Å². The molecule has 31 heavy (non-hydrogen) atoms. The van der Waals surface area contributed by atoms with Crippen molar-refractivity contribution in [2.75, 3.05) is 31.1 Å². The highest BCUT2D eigenvalue weighted by Crippen LogP contribution is 2.33. The molecule has 0 unspecified atom stereocenters. The van der Waals surface area contributed by atoms with Crippen molar-refractivity contribution in [3.63, 3.8) is 0 Å². The number of hydrogen-bond acceptors (Lipinski definition) is 7. The molecule has 0 bridgehead atoms. The normalized spacial score (nSPS) is 26.6. The van der Waals surface area contributed by atoms with Crippen LogP contribution in [0.3, 0.4) is 0 Å². The van der Waals surface area contributed by atoms with Crippen LogP contribution in [0, 0.1) is 11.3 Å². The van der Waals surface area contributed by atoms with Gasteiger partial charge in [0, 0.05) is 25.5 Å². The fourth-order valence-electron chi connectivity index (χ4n) is 3.73. The van der Waals surface area contributed by atoms with E-state index < -0.39 is 43.0 Å². The first-order chi connectivity index (χ1) is 14.8. The lowest BCUT2D eigenvalue weighted by Gasteiger charge is -2.39. The van der Waals surface area contributed by atoms with E-state index in [9.17, 15) is 27.6 Å². The van der Waals surface area contributed by atoms with Gasteiger partial charge in [-0.3, -0.25) is 14.8 Å². The lowest BCUT2D eigenvalue weighted by atomic mass is 10.1. The number of morpholine rings is 1. The van der Waals surface area contributed by atoms with Crippen molar-refractivity contribution in [1.82, 2.24) is 20.6 Å². The second-order valence-corrected chi connectivity index (χ2v) is 7.35. The lowest BCUT2D eigenvalue weighted by Crippen LogP contribution is -2.59. The average molecular weight is 438 g/mol. The number of anilines is 1. The minimum atomic E-state index is -4.72. The zero-order chi connectivity index (χ0) is 22.2. The summed E-state index contributed by atoms with van der Waals surface area (Å²) >= 11 is 0. The molecule has 4 rings (SSSR count). The maximum absolute atomic E-state index is 13.8. The first kappa shape index (κ1) is 21.2. The largest absolute Gasteiger partial charge is 0.416 e. The van der Waals surface area contributed by atoms with E-state index in [1.54, 1.807) is 0 Å². The fraction of sp³-hybridized carbons (Fsp3) is 0.474. The van der Waals surface area contributed by atoms with Gasteiger partial charge in [0.2, 0.25) is 0 Å². The van der Waals surface area contributed by atoms with Crippen LogP contribution in [-0.2, 0) is 9.53 Å². The predicted octanol–water partition coefficient (Wildman–Crippen LogP) is 1.06. The van der Waals surface area contributed by atoms with Crippen LogP contribution in [0.25, 0.3) is 11.0 Å². The van der Waals surface area contributed by atoms with Crippen molar-refractivity contribution in [2.45, 2.75) is 30.6 Å². The van der Waals surface area contributed by atoms with Crippen molar-refractivity contribution in [1.29, 1.82) is 5.26 Å². The van der Waals surface area contributed by atoms with Gasteiger partial charge >= 0.3 is 6.18 Å². The summed E-state index contributed by atoms with van der Waals surface area (Å²) in [5.74, 6) is -0.820. The molecule has 3 heterocycles. The number of alkyl halides is 4. The highest BCUT2D eigenvalue weighted by Gasteiger charge is 2.48. The number of nitrogens with zero attached hydrogens (tertiary/aromatic N) is 4. The maximum atomic E-state index is 13.8. The Kier molecular flexibility index (Phi) is 5.63. The number of amides is 1. The number of carbonyl (C=O) groups is 1. The summed E-state index contributed by atoms with van der Waals surface area (Å²) < 4.78 is 59.5. The van der Waals surface area contributed by atoms with Gasteiger partial charge in [0.05, 0.1) is 30.4 Å². The van der Waals surface area contributed by atoms with E-state index in [4.69, 9.17) is 4.74 Å². The van der Waals surface area contributed by atoms with Crippen LogP contribution >= 0.6 is 0 Å². The number of aromatic nitrogens is 2. The molecule has 164 valence electrons. The molecule has 2 aliphatic rings. The molecule has 0 radical (unpaired) electrons. The molecule has 1 aromatic carbocycles. The van der Waals surface area contributed by atoms with Crippen LogP contribution in [0.15, 0.2) is 24.5 Å². The number of ether oxygens (including phenoxy) is 1. The van der Waals surface area contributed by atoms with Crippen LogP contribution < -0.4 is 15.5 Å². The van der Waals surface area contributed by atoms with Crippen molar-refractivity contribution >= 4 is 22.6 Å². The van der Waals surface area contributed by atoms with Crippen molar-refractivity contribution in [2.24, 2.45) is 0 Å². The molecule has 2 fully saturated rings. The van der Waals surface area contributed by atoms with E-state index in [2.05, 4.69) is 20.6 Å². The molecule has 1 aromatic heterocycles. The van der Waals surface area contributed by atoms with Gasteiger partial charge in [-0.1, -0.05) is 0 Å². The van der Waals surface area contributed by atoms with Gasteiger partial charge in [-0.15, -0.1) is 0 Å². The third kappa shape index (κ3) is 4.24. The molecule has 4 atom stereocenters. The molecule has 2 aliphatic heterocycles. The Bertz CT molecular complexity index is 1030. The number of rotatable bonds is 3. The Morgan fingerprint density at radius 1 is 1.23 bits per heavy atom. The summed E-state index contributed by atoms with van der Waals surface area (Å²) in [6.07, 6.45) is -7.02. The Balaban J connectivity index is 1.65. The molecule has 0 aliphatic carbocycles. The number of nitriles is 1. The summed E-state index contributed by atoms with van der Waals surface area (Å²) in [5, 5.41) is 14.5. The Morgan fingerprint density at radius 3 is 2.61 bits per heavy atom. The summed E-state index contributed by atoms with van der Waals surface area (Å²) in [5.41, 5.74) is 1.01. The standard InChI is InChI=1S/C19H18F4N6O2/c20-11-6-25-7-12(11)28-18(30)14-8-29(9-15(31-14)19(21,22)23)13-2-1-10(5-24)16-17(13)27-4-3-26-16/h1-4,11-12,14-15,25H,6-9H2,(H,28,30)/t11-,12+,14+,15-/m1/s1. The highest BCUT2D eigenvalue weighted by molar-refractivity contribution is 5.92. The average Bonchev–Trinajstić information content (AvgIpc) is 3.16. The van der Waals surface area contributed by atoms with E-state index in [1.807, 2.05) is 6.07 Å². The second-order valence-electron chi connectivity index (χ2n) is 7.35. The van der Waals surface area contributed by atoms with Gasteiger partial charge in [0.1, 0.15) is 23.3 Å². The van der Waals surface area contributed by atoms with Gasteiger partial charge < -0.3 is 20.3 Å². The SMILES string of the molecule is N#Cc1ccc(N2C[C@@H](C(=O)N[C@H]3CNC[C@H]3F)O[C@@H](C(F)(F)F)C2)c2nccnc12. The zero-order valence-electron chi connectivity index (χ0n) is 16.1. The Labute approximate surface area is 174 Å². The van der Waals surface area contributed by atoms with Gasteiger partial charge in [-0.2, -0.15) is 18.4 Å². The summed E-state index contributed by atoms with van der Waals surface area (Å²) in [4.78, 5) is 22.2. The van der Waals surface area contributed by atoms with Crippen molar-refractivity contribution in [3.8, 4) is 6.07 Å². The van der Waals surface area contributed by atoms with E-state index in [0.717, 1.165) is 0 Å². The van der Waals surface area contributed by atoms with Crippen LogP contribution in [0.4, 0.5) is 23.2 Å². The first-order valence-corrected chi connectivity index (χ1v) is 9.54. The molecule has 2 N–H and O–H groups in total. The first-order valence-electron chi connectivity index (χ1n) is 9.54. The predicted molar refractivity (Wildman–Crippen MR) is 101 cm³/mol. The zero-order valence-corrected chi connectivity index (χ0v) is 16.1. The molecule has 1 amide bonds. The minimum Gasteiger partial charge on any atom is -0.364 e. The van der Waals surface area contributed by atoms with Gasteiger partial charge in [-0.05, 0) is 12.1 Å². The quantitative estimate of drug-likeness (QED) is 0.691. The molecular formula is C19H18F4N6O2. The van der Waals surface area contributed by atoms with Crippen LogP contribution in [0.5, 0.6) is 0 Å². The van der Waals surface area contributed by atoms with E-state index in [1.165, 1.54) is 29.4 Å². The minimum absolute atomic E-state index is 0.0592. The molecule has 2 aromatic rings. The summed E-state index contributed by atoms with van der Waals surface area (Å²) in [7, 11) is 0. The number of benzene rings is 1. The van der Waals surface area contributed by atoms with Crippen LogP contribution in [0.1, 0.15) is 5.56 Å². The van der Waals surface area contributed by atoms with Crippen LogP contribution in [-0.4, -0.2) is 72.7 Å². The number of carbonyl (C=O) groups excluding carboxylic acids is 1. The third-order valence-electron chi connectivity index (χ3n) is 5.29.